The topological polar surface area (TPSA) is 72.8 Å². The van der Waals surface area contributed by atoms with E-state index in [0.717, 1.165) is 32.1 Å². The van der Waals surface area contributed by atoms with Gasteiger partial charge in [0.05, 0.1) is 18.4 Å². The van der Waals surface area contributed by atoms with Gasteiger partial charge < -0.3 is 14.6 Å². The largest absolute Gasteiger partial charge is 0.465 e. The Hall–Kier alpha value is -1.10. The number of carbonyl (C=O) groups excluding carboxylic acids is 2. The molecule has 0 radical (unpaired) electrons. The Morgan fingerprint density at radius 3 is 2.48 bits per heavy atom. The van der Waals surface area contributed by atoms with E-state index in [1.165, 1.54) is 6.42 Å². The number of hydrogen-bond donors (Lipinski definition) is 1. The number of esters is 2. The molecule has 4 fully saturated rings. The van der Waals surface area contributed by atoms with E-state index in [-0.39, 0.29) is 36.8 Å². The first kappa shape index (κ1) is 16.7. The van der Waals surface area contributed by atoms with Gasteiger partial charge in [0, 0.05) is 0 Å². The zero-order valence-corrected chi connectivity index (χ0v) is 14.1. The van der Waals surface area contributed by atoms with Crippen LogP contribution < -0.4 is 0 Å². The van der Waals surface area contributed by atoms with Crippen LogP contribution in [0.1, 0.15) is 58.8 Å². The van der Waals surface area contributed by atoms with Crippen LogP contribution in [0.15, 0.2) is 0 Å². The summed E-state index contributed by atoms with van der Waals surface area (Å²) in [7, 11) is 0. The molecule has 4 rings (SSSR count). The summed E-state index contributed by atoms with van der Waals surface area (Å²) in [6.07, 6.45) is 5.21. The van der Waals surface area contributed by atoms with Crippen molar-refractivity contribution in [1.29, 1.82) is 0 Å². The lowest BCUT2D eigenvalue weighted by atomic mass is 9.53. The minimum absolute atomic E-state index is 0.0600. The highest BCUT2D eigenvalue weighted by Crippen LogP contribution is 2.57. The standard InChI is InChI=1S/C18H28O5/c1-3-11(2)17(21)22-5-4-15(19)23-18-9-12-6-13(10-18)8-14(7-12)16(18)20/h11-14,16,20H,3-10H2,1-2H3. The summed E-state index contributed by atoms with van der Waals surface area (Å²) in [6.45, 7) is 3.80. The zero-order valence-electron chi connectivity index (χ0n) is 14.1. The van der Waals surface area contributed by atoms with Crippen LogP contribution in [0.3, 0.4) is 0 Å². The van der Waals surface area contributed by atoms with Crippen molar-refractivity contribution in [2.75, 3.05) is 6.61 Å². The second-order valence-corrected chi connectivity index (χ2v) is 7.82. The molecule has 4 saturated carbocycles. The summed E-state index contributed by atoms with van der Waals surface area (Å²) >= 11 is 0. The van der Waals surface area contributed by atoms with Crippen LogP contribution >= 0.6 is 0 Å². The summed E-state index contributed by atoms with van der Waals surface area (Å²) in [5.41, 5.74) is -0.674. The fourth-order valence-corrected chi connectivity index (χ4v) is 4.90. The Morgan fingerprint density at radius 2 is 1.87 bits per heavy atom. The van der Waals surface area contributed by atoms with Crippen molar-refractivity contribution in [2.24, 2.45) is 23.7 Å². The lowest BCUT2D eigenvalue weighted by molar-refractivity contribution is -0.228. The molecule has 0 saturated heterocycles. The molecule has 5 heteroatoms. The summed E-state index contributed by atoms with van der Waals surface area (Å²) in [4.78, 5) is 23.8. The average Bonchev–Trinajstić information content (AvgIpc) is 2.50. The summed E-state index contributed by atoms with van der Waals surface area (Å²) in [6, 6.07) is 0. The molecule has 23 heavy (non-hydrogen) atoms. The fraction of sp³-hybridized carbons (Fsp3) is 0.889. The van der Waals surface area contributed by atoms with Gasteiger partial charge in [0.15, 0.2) is 0 Å². The third-order valence-corrected chi connectivity index (χ3v) is 6.08. The Bertz CT molecular complexity index is 460. The van der Waals surface area contributed by atoms with Crippen molar-refractivity contribution < 1.29 is 24.2 Å². The first-order valence-corrected chi connectivity index (χ1v) is 9.00. The van der Waals surface area contributed by atoms with Crippen molar-refractivity contribution >= 4 is 11.9 Å². The molecule has 1 N–H and O–H groups in total. The molecule has 0 aromatic heterocycles. The van der Waals surface area contributed by atoms with Gasteiger partial charge in [-0.15, -0.1) is 0 Å². The molecule has 0 aromatic rings. The van der Waals surface area contributed by atoms with Crippen LogP contribution in [0.2, 0.25) is 0 Å². The summed E-state index contributed by atoms with van der Waals surface area (Å²) in [5, 5.41) is 10.6. The monoisotopic (exact) mass is 324 g/mol. The molecule has 4 atom stereocenters. The van der Waals surface area contributed by atoms with Gasteiger partial charge in [-0.25, -0.2) is 0 Å². The molecule has 0 spiro atoms. The fourth-order valence-electron chi connectivity index (χ4n) is 4.90. The van der Waals surface area contributed by atoms with Crippen LogP contribution in [0, 0.1) is 23.7 Å². The molecule has 0 amide bonds. The summed E-state index contributed by atoms with van der Waals surface area (Å²) < 4.78 is 10.9. The molecular weight excluding hydrogens is 296 g/mol. The number of hydrogen-bond acceptors (Lipinski definition) is 5. The minimum atomic E-state index is -0.674. The number of carbonyl (C=O) groups is 2. The molecular formula is C18H28O5. The molecule has 5 nitrogen and oxygen atoms in total. The number of rotatable bonds is 6. The van der Waals surface area contributed by atoms with E-state index in [0.29, 0.717) is 11.8 Å². The van der Waals surface area contributed by atoms with Crippen LogP contribution in [0.25, 0.3) is 0 Å². The maximum atomic E-state index is 12.2. The predicted molar refractivity (Wildman–Crippen MR) is 83.4 cm³/mol. The van der Waals surface area contributed by atoms with Crippen molar-refractivity contribution in [3.05, 3.63) is 0 Å². The van der Waals surface area contributed by atoms with E-state index >= 15 is 0 Å². The second kappa shape index (κ2) is 6.42. The first-order valence-electron chi connectivity index (χ1n) is 9.00. The summed E-state index contributed by atoms with van der Waals surface area (Å²) in [5.74, 6) is 0.699. The maximum absolute atomic E-state index is 12.2. The van der Waals surface area contributed by atoms with Crippen molar-refractivity contribution in [3.63, 3.8) is 0 Å². The molecule has 0 heterocycles. The predicted octanol–water partition coefficient (Wildman–Crippen LogP) is 2.45. The van der Waals surface area contributed by atoms with Crippen LogP contribution in [0.4, 0.5) is 0 Å². The van der Waals surface area contributed by atoms with E-state index in [2.05, 4.69) is 0 Å². The minimum Gasteiger partial charge on any atom is -0.465 e. The van der Waals surface area contributed by atoms with Gasteiger partial charge in [-0.05, 0) is 56.3 Å². The van der Waals surface area contributed by atoms with Gasteiger partial charge in [0.25, 0.3) is 0 Å². The third-order valence-electron chi connectivity index (χ3n) is 6.08. The highest BCUT2D eigenvalue weighted by Gasteiger charge is 2.59. The first-order chi connectivity index (χ1) is 10.9. The Kier molecular flexibility index (Phi) is 4.68. The van der Waals surface area contributed by atoms with E-state index in [4.69, 9.17) is 9.47 Å². The lowest BCUT2D eigenvalue weighted by Gasteiger charge is -2.58. The molecule has 4 aliphatic carbocycles. The van der Waals surface area contributed by atoms with Crippen molar-refractivity contribution in [3.8, 4) is 0 Å². The van der Waals surface area contributed by atoms with Crippen LogP contribution in [0.5, 0.6) is 0 Å². The highest BCUT2D eigenvalue weighted by atomic mass is 16.6. The number of aliphatic hydroxyl groups is 1. The molecule has 0 aliphatic heterocycles. The highest BCUT2D eigenvalue weighted by molar-refractivity contribution is 5.73. The molecule has 130 valence electrons. The van der Waals surface area contributed by atoms with Crippen molar-refractivity contribution in [1.82, 2.24) is 0 Å². The molecule has 4 aliphatic rings. The molecule has 4 bridgehead atoms. The maximum Gasteiger partial charge on any atom is 0.309 e. The Balaban J connectivity index is 1.51. The van der Waals surface area contributed by atoms with Gasteiger partial charge in [-0.2, -0.15) is 0 Å². The average molecular weight is 324 g/mol. The Morgan fingerprint density at radius 1 is 1.22 bits per heavy atom. The van der Waals surface area contributed by atoms with Gasteiger partial charge in [-0.3, -0.25) is 9.59 Å². The van der Waals surface area contributed by atoms with E-state index in [1.54, 1.807) is 0 Å². The van der Waals surface area contributed by atoms with E-state index in [9.17, 15) is 14.7 Å². The normalized spacial score (nSPS) is 39.1. The van der Waals surface area contributed by atoms with Crippen molar-refractivity contribution in [2.45, 2.75) is 70.5 Å². The van der Waals surface area contributed by atoms with Gasteiger partial charge in [0.2, 0.25) is 0 Å². The zero-order chi connectivity index (χ0) is 16.6. The van der Waals surface area contributed by atoms with Gasteiger partial charge in [-0.1, -0.05) is 13.8 Å². The number of ether oxygens (including phenoxy) is 2. The SMILES string of the molecule is CCC(C)C(=O)OCCC(=O)OC12CC3CC(CC(C3)C1O)C2. The lowest BCUT2D eigenvalue weighted by Crippen LogP contribution is -2.62. The van der Waals surface area contributed by atoms with Crippen LogP contribution in [-0.4, -0.2) is 35.4 Å². The number of aliphatic hydroxyl groups excluding tert-OH is 1. The Labute approximate surface area is 137 Å². The second-order valence-electron chi connectivity index (χ2n) is 7.82. The third kappa shape index (κ3) is 3.25. The molecule has 0 aromatic carbocycles. The van der Waals surface area contributed by atoms with Crippen LogP contribution in [-0.2, 0) is 19.1 Å². The smallest absolute Gasteiger partial charge is 0.309 e. The van der Waals surface area contributed by atoms with E-state index < -0.39 is 11.7 Å². The van der Waals surface area contributed by atoms with Gasteiger partial charge in [0.1, 0.15) is 12.2 Å². The van der Waals surface area contributed by atoms with E-state index in [1.807, 2.05) is 13.8 Å². The quantitative estimate of drug-likeness (QED) is 0.760. The van der Waals surface area contributed by atoms with Gasteiger partial charge >= 0.3 is 11.9 Å². The molecule has 4 unspecified atom stereocenters.